The molecule has 0 radical (unpaired) electrons. The smallest absolute Gasteiger partial charge is 0.242 e. The topological polar surface area (TPSA) is 37.4 Å². The number of amides is 2. The molecule has 1 fully saturated rings. The molecule has 1 saturated heterocycles. The van der Waals surface area contributed by atoms with Gasteiger partial charge in [0.2, 0.25) is 11.8 Å². The molecule has 1 rings (SSSR count). The number of imide groups is 1. The minimum Gasteiger partial charge on any atom is -0.282 e. The molecule has 1 aliphatic rings. The number of hydrogen-bond donors (Lipinski definition) is 0. The van der Waals surface area contributed by atoms with Crippen molar-refractivity contribution in [2.45, 2.75) is 31.0 Å². The summed E-state index contributed by atoms with van der Waals surface area (Å²) in [6.45, 7) is 2.51. The quantitative estimate of drug-likeness (QED) is 0.675. The van der Waals surface area contributed by atoms with E-state index in [1.807, 2.05) is 6.92 Å². The van der Waals surface area contributed by atoms with E-state index in [1.165, 1.54) is 4.90 Å². The molecule has 1 aliphatic heterocycles. The van der Waals surface area contributed by atoms with Crippen molar-refractivity contribution in [2.75, 3.05) is 6.54 Å². The van der Waals surface area contributed by atoms with Crippen LogP contribution in [0.5, 0.6) is 0 Å². The van der Waals surface area contributed by atoms with Crippen LogP contribution in [-0.2, 0) is 9.59 Å². The Bertz CT molecular complexity index is 205. The van der Waals surface area contributed by atoms with E-state index in [4.69, 9.17) is 0 Å². The molecule has 0 aromatic carbocycles. The minimum absolute atomic E-state index is 0.0297. The highest BCUT2D eigenvalue weighted by Gasteiger charge is 2.29. The van der Waals surface area contributed by atoms with Crippen LogP contribution in [0.3, 0.4) is 0 Å². The van der Waals surface area contributed by atoms with Crippen molar-refractivity contribution in [2.24, 2.45) is 0 Å². The third kappa shape index (κ3) is 1.86. The van der Waals surface area contributed by atoms with E-state index >= 15 is 0 Å². The van der Waals surface area contributed by atoms with Crippen LogP contribution in [0.15, 0.2) is 0 Å². The third-order valence-electron chi connectivity index (χ3n) is 1.97. The van der Waals surface area contributed by atoms with E-state index in [9.17, 15) is 9.59 Å². The van der Waals surface area contributed by atoms with Crippen LogP contribution in [0.2, 0.25) is 0 Å². The number of hydrogen-bond acceptors (Lipinski definition) is 2. The maximum atomic E-state index is 11.4. The van der Waals surface area contributed by atoms with Gasteiger partial charge in [-0.25, -0.2) is 0 Å². The molecule has 3 nitrogen and oxygen atoms in total. The number of carbonyl (C=O) groups is 2. The lowest BCUT2D eigenvalue weighted by Crippen LogP contribution is -2.37. The first-order valence-corrected chi connectivity index (χ1v) is 5.06. The lowest BCUT2D eigenvalue weighted by Gasteiger charge is -2.16. The lowest BCUT2D eigenvalue weighted by atomic mass is 10.3. The van der Waals surface area contributed by atoms with E-state index in [0.717, 1.165) is 12.8 Å². The minimum atomic E-state index is -0.195. The van der Waals surface area contributed by atoms with Crippen molar-refractivity contribution in [1.82, 2.24) is 4.90 Å². The Morgan fingerprint density at radius 1 is 1.75 bits per heavy atom. The van der Waals surface area contributed by atoms with Crippen molar-refractivity contribution in [3.8, 4) is 0 Å². The average Bonchev–Trinajstić information content (AvgIpc) is 2.48. The zero-order chi connectivity index (χ0) is 9.14. The predicted octanol–water partition coefficient (Wildman–Crippen LogP) is 1.31. The number of carbonyl (C=O) groups excluding carboxylic acids is 2. The molecule has 4 heteroatoms. The molecular weight excluding hydrogens is 222 g/mol. The van der Waals surface area contributed by atoms with Crippen LogP contribution in [0.4, 0.5) is 0 Å². The van der Waals surface area contributed by atoms with E-state index in [-0.39, 0.29) is 16.6 Å². The van der Waals surface area contributed by atoms with Gasteiger partial charge in [-0.3, -0.25) is 14.5 Å². The summed E-state index contributed by atoms with van der Waals surface area (Å²) in [7, 11) is 0. The molecule has 68 valence electrons. The lowest BCUT2D eigenvalue weighted by molar-refractivity contribution is -0.141. The summed E-state index contributed by atoms with van der Waals surface area (Å²) in [5.74, 6) is -0.113. The van der Waals surface area contributed by atoms with E-state index in [1.54, 1.807) is 0 Å². The molecule has 0 spiro atoms. The molecule has 0 saturated carbocycles. The maximum Gasteiger partial charge on any atom is 0.242 e. The molecule has 1 unspecified atom stereocenters. The van der Waals surface area contributed by atoms with Crippen molar-refractivity contribution in [3.05, 3.63) is 0 Å². The summed E-state index contributed by atoms with van der Waals surface area (Å²) in [4.78, 5) is 23.7. The summed E-state index contributed by atoms with van der Waals surface area (Å²) in [5, 5.41) is 0. The summed E-state index contributed by atoms with van der Waals surface area (Å²) in [5.41, 5.74) is 0. The molecule has 1 heterocycles. The van der Waals surface area contributed by atoms with Gasteiger partial charge in [-0.2, -0.15) is 0 Å². The second-order valence-corrected chi connectivity index (χ2v) is 3.97. The zero-order valence-electron chi connectivity index (χ0n) is 7.05. The molecular formula is C8H12BrNO2. The summed E-state index contributed by atoms with van der Waals surface area (Å²) in [6, 6.07) is 0. The van der Waals surface area contributed by atoms with Gasteiger partial charge >= 0.3 is 0 Å². The largest absolute Gasteiger partial charge is 0.282 e. The van der Waals surface area contributed by atoms with Gasteiger partial charge in [0.05, 0.1) is 4.83 Å². The Kier molecular flexibility index (Phi) is 3.26. The second kappa shape index (κ2) is 4.03. The first-order chi connectivity index (χ1) is 5.66. The van der Waals surface area contributed by atoms with Gasteiger partial charge < -0.3 is 0 Å². The predicted molar refractivity (Wildman–Crippen MR) is 49.0 cm³/mol. The fourth-order valence-electron chi connectivity index (χ4n) is 1.22. The van der Waals surface area contributed by atoms with Crippen LogP contribution in [0.1, 0.15) is 26.2 Å². The molecule has 0 aromatic rings. The van der Waals surface area contributed by atoms with E-state index in [0.29, 0.717) is 13.0 Å². The number of alkyl halides is 1. The van der Waals surface area contributed by atoms with Crippen molar-refractivity contribution >= 4 is 27.7 Å². The first-order valence-electron chi connectivity index (χ1n) is 4.15. The molecule has 12 heavy (non-hydrogen) atoms. The number of rotatable bonds is 2. The maximum absolute atomic E-state index is 11.4. The Morgan fingerprint density at radius 3 is 2.83 bits per heavy atom. The Balaban J connectivity index is 2.57. The highest BCUT2D eigenvalue weighted by Crippen LogP contribution is 2.15. The number of halogens is 1. The van der Waals surface area contributed by atoms with Gasteiger partial charge in [0.15, 0.2) is 0 Å². The van der Waals surface area contributed by atoms with Crippen LogP contribution in [0.25, 0.3) is 0 Å². The third-order valence-corrected chi connectivity index (χ3v) is 3.00. The first kappa shape index (κ1) is 9.71. The van der Waals surface area contributed by atoms with Gasteiger partial charge in [-0.05, 0) is 12.8 Å². The van der Waals surface area contributed by atoms with Crippen molar-refractivity contribution in [1.29, 1.82) is 0 Å². The Labute approximate surface area is 80.2 Å². The standard InChI is InChI=1S/C8H12BrNO2/c1-2-6(9)8(12)10-5-3-4-7(10)11/h6H,2-5H2,1H3. The summed E-state index contributed by atoms with van der Waals surface area (Å²) >= 11 is 3.24. The highest BCUT2D eigenvalue weighted by atomic mass is 79.9. The van der Waals surface area contributed by atoms with Crippen LogP contribution < -0.4 is 0 Å². The summed E-state index contributed by atoms with van der Waals surface area (Å²) < 4.78 is 0. The van der Waals surface area contributed by atoms with E-state index in [2.05, 4.69) is 15.9 Å². The van der Waals surface area contributed by atoms with Crippen molar-refractivity contribution < 1.29 is 9.59 Å². The van der Waals surface area contributed by atoms with Crippen LogP contribution in [0, 0.1) is 0 Å². The second-order valence-electron chi connectivity index (χ2n) is 2.86. The average molecular weight is 234 g/mol. The fourth-order valence-corrected chi connectivity index (χ4v) is 1.47. The van der Waals surface area contributed by atoms with Gasteiger partial charge in [0.25, 0.3) is 0 Å². The van der Waals surface area contributed by atoms with Crippen molar-refractivity contribution in [3.63, 3.8) is 0 Å². The fraction of sp³-hybridized carbons (Fsp3) is 0.750. The molecule has 0 bridgehead atoms. The summed E-state index contributed by atoms with van der Waals surface area (Å²) in [6.07, 6.45) is 2.06. The zero-order valence-corrected chi connectivity index (χ0v) is 8.63. The Hall–Kier alpha value is -0.380. The number of nitrogens with zero attached hydrogens (tertiary/aromatic N) is 1. The van der Waals surface area contributed by atoms with Gasteiger partial charge in [-0.15, -0.1) is 0 Å². The van der Waals surface area contributed by atoms with Crippen LogP contribution in [-0.4, -0.2) is 28.1 Å². The normalized spacial score (nSPS) is 19.8. The highest BCUT2D eigenvalue weighted by molar-refractivity contribution is 9.10. The van der Waals surface area contributed by atoms with Gasteiger partial charge in [0, 0.05) is 13.0 Å². The molecule has 0 N–H and O–H groups in total. The molecule has 0 aromatic heterocycles. The SMILES string of the molecule is CCC(Br)C(=O)N1CCCC1=O. The van der Waals surface area contributed by atoms with Gasteiger partial charge in [0.1, 0.15) is 0 Å². The molecule has 0 aliphatic carbocycles. The monoisotopic (exact) mass is 233 g/mol. The number of likely N-dealkylation sites (tertiary alicyclic amines) is 1. The van der Waals surface area contributed by atoms with Gasteiger partial charge in [-0.1, -0.05) is 22.9 Å². The van der Waals surface area contributed by atoms with E-state index < -0.39 is 0 Å². The van der Waals surface area contributed by atoms with Crippen LogP contribution >= 0.6 is 15.9 Å². The molecule has 1 atom stereocenters. The molecule has 2 amide bonds. The Morgan fingerprint density at radius 2 is 2.42 bits per heavy atom.